The number of aromatic amines is 1. The molecule has 2 aliphatic heterocycles. The largest absolute Gasteiger partial charge is 0.371 e. The molecule has 0 radical (unpaired) electrons. The topological polar surface area (TPSA) is 104 Å². The Morgan fingerprint density at radius 3 is 2.76 bits per heavy atom. The van der Waals surface area contributed by atoms with Gasteiger partial charge in [0.15, 0.2) is 5.82 Å². The van der Waals surface area contributed by atoms with Crippen molar-refractivity contribution in [2.45, 2.75) is 88.8 Å². The number of piperidine rings is 1. The molecule has 2 amide bonds. The SMILES string of the molecule is CC(C)(F)Cn1nc(N2CC(OC3CC3)C2)c2cnc(-c3[nH]ncc3NC(=O)N3CCCCC34CC4)cc21. The molecule has 4 aliphatic rings. The van der Waals surface area contributed by atoms with E-state index >= 15 is 0 Å². The first-order valence-corrected chi connectivity index (χ1v) is 13.9. The third kappa shape index (κ3) is 4.40. The Labute approximate surface area is 220 Å². The Morgan fingerprint density at radius 1 is 1.21 bits per heavy atom. The van der Waals surface area contributed by atoms with Gasteiger partial charge in [0.05, 0.1) is 47.2 Å². The lowest BCUT2D eigenvalue weighted by atomic mass is 10.0. The first-order valence-electron chi connectivity index (χ1n) is 13.9. The van der Waals surface area contributed by atoms with Crippen LogP contribution in [-0.4, -0.2) is 78.9 Å². The number of hydrogen-bond acceptors (Lipinski definition) is 6. The van der Waals surface area contributed by atoms with Crippen molar-refractivity contribution in [2.75, 3.05) is 29.9 Å². The van der Waals surface area contributed by atoms with Gasteiger partial charge in [-0.3, -0.25) is 14.8 Å². The van der Waals surface area contributed by atoms with Crippen LogP contribution < -0.4 is 10.2 Å². The van der Waals surface area contributed by atoms with Gasteiger partial charge < -0.3 is 19.9 Å². The smallest absolute Gasteiger partial charge is 0.322 e. The Kier molecular flexibility index (Phi) is 5.44. The summed E-state index contributed by atoms with van der Waals surface area (Å²) in [6.45, 7) is 5.57. The van der Waals surface area contributed by atoms with Gasteiger partial charge in [-0.25, -0.2) is 9.18 Å². The minimum Gasteiger partial charge on any atom is -0.371 e. The van der Waals surface area contributed by atoms with Crippen molar-refractivity contribution in [2.24, 2.45) is 0 Å². The molecule has 202 valence electrons. The maximum absolute atomic E-state index is 14.8. The Morgan fingerprint density at radius 2 is 2.03 bits per heavy atom. The number of aromatic nitrogens is 5. The van der Waals surface area contributed by atoms with Crippen LogP contribution in [0.4, 0.5) is 20.7 Å². The second kappa shape index (κ2) is 8.65. The number of carbonyl (C=O) groups excluding carboxylic acids is 1. The van der Waals surface area contributed by atoms with Crippen LogP contribution >= 0.6 is 0 Å². The second-order valence-electron chi connectivity index (χ2n) is 12.1. The molecule has 0 atom stereocenters. The quantitative estimate of drug-likeness (QED) is 0.474. The molecule has 0 unspecified atom stereocenters. The lowest BCUT2D eigenvalue weighted by molar-refractivity contribution is 0.0217. The molecular weight excluding hydrogens is 487 g/mol. The van der Waals surface area contributed by atoms with Gasteiger partial charge in [0.25, 0.3) is 0 Å². The number of urea groups is 1. The number of H-pyrrole nitrogens is 1. The van der Waals surface area contributed by atoms with Crippen molar-refractivity contribution in [1.29, 1.82) is 0 Å². The number of hydrogen-bond donors (Lipinski definition) is 2. The average molecular weight is 523 g/mol. The van der Waals surface area contributed by atoms with Crippen molar-refractivity contribution < 1.29 is 13.9 Å². The molecule has 2 aliphatic carbocycles. The molecule has 1 spiro atoms. The summed E-state index contributed by atoms with van der Waals surface area (Å²) in [5.41, 5.74) is 1.23. The minimum absolute atomic E-state index is 0.0467. The number of halogens is 1. The first kappa shape index (κ1) is 23.9. The van der Waals surface area contributed by atoms with E-state index < -0.39 is 5.67 Å². The average Bonchev–Trinajstić information content (AvgIpc) is 3.75. The number of carbonyl (C=O) groups is 1. The molecule has 5 heterocycles. The van der Waals surface area contributed by atoms with E-state index in [2.05, 4.69) is 20.4 Å². The predicted octanol–water partition coefficient (Wildman–Crippen LogP) is 4.49. The molecule has 4 fully saturated rings. The summed E-state index contributed by atoms with van der Waals surface area (Å²) in [4.78, 5) is 22.1. The van der Waals surface area contributed by atoms with Crippen molar-refractivity contribution in [3.63, 3.8) is 0 Å². The number of amides is 2. The Balaban J connectivity index is 1.17. The number of alkyl halides is 1. The molecule has 38 heavy (non-hydrogen) atoms. The monoisotopic (exact) mass is 522 g/mol. The normalized spacial score (nSPS) is 21.2. The summed E-state index contributed by atoms with van der Waals surface area (Å²) in [6, 6.07) is 1.82. The number of nitrogens with one attached hydrogen (secondary N) is 2. The molecule has 11 heteroatoms. The fourth-order valence-electron chi connectivity index (χ4n) is 5.91. The molecule has 3 aromatic heterocycles. The van der Waals surface area contributed by atoms with Crippen molar-refractivity contribution in [1.82, 2.24) is 29.9 Å². The number of ether oxygens (including phenoxy) is 1. The van der Waals surface area contributed by atoms with Crippen LogP contribution in [0, 0.1) is 0 Å². The van der Waals surface area contributed by atoms with E-state index in [1.54, 1.807) is 30.9 Å². The summed E-state index contributed by atoms with van der Waals surface area (Å²) in [6.07, 6.45) is 11.8. The standard InChI is InChI=1S/C27H35FN8O2/c1-26(2,28)16-36-22-11-20(29-12-19(22)24(33-36)34-14-18(15-34)38-17-5-6-17)23-21(13-30-32-23)31-25(37)35-10-4-3-7-27(35)8-9-27/h11-13,17-18H,3-10,14-16H2,1-2H3,(H,30,32)(H,31,37). The Bertz CT molecular complexity index is 1360. The molecule has 2 saturated heterocycles. The lowest BCUT2D eigenvalue weighted by Crippen LogP contribution is -2.53. The van der Waals surface area contributed by atoms with Crippen LogP contribution in [0.1, 0.15) is 58.8 Å². The summed E-state index contributed by atoms with van der Waals surface area (Å²) < 4.78 is 22.5. The fourth-order valence-corrected chi connectivity index (χ4v) is 5.91. The summed E-state index contributed by atoms with van der Waals surface area (Å²) in [5, 5.41) is 16.0. The van der Waals surface area contributed by atoms with E-state index in [1.807, 2.05) is 11.0 Å². The highest BCUT2D eigenvalue weighted by atomic mass is 19.1. The number of pyridine rings is 1. The molecule has 2 N–H and O–H groups in total. The maximum atomic E-state index is 14.8. The summed E-state index contributed by atoms with van der Waals surface area (Å²) >= 11 is 0. The number of nitrogens with zero attached hydrogens (tertiary/aromatic N) is 6. The molecule has 7 rings (SSSR count). The highest BCUT2D eigenvalue weighted by molar-refractivity contribution is 5.96. The number of anilines is 2. The minimum atomic E-state index is -1.44. The zero-order valence-corrected chi connectivity index (χ0v) is 22.0. The molecule has 3 aromatic rings. The van der Waals surface area contributed by atoms with Crippen molar-refractivity contribution >= 4 is 28.4 Å². The molecule has 0 aromatic carbocycles. The van der Waals surface area contributed by atoms with Crippen LogP contribution in [0.15, 0.2) is 18.5 Å². The third-order valence-corrected chi connectivity index (χ3v) is 8.25. The van der Waals surface area contributed by atoms with Gasteiger partial charge in [-0.15, -0.1) is 0 Å². The predicted molar refractivity (Wildman–Crippen MR) is 142 cm³/mol. The van der Waals surface area contributed by atoms with E-state index in [9.17, 15) is 9.18 Å². The van der Waals surface area contributed by atoms with Gasteiger partial charge >= 0.3 is 6.03 Å². The molecule has 10 nitrogen and oxygen atoms in total. The number of fused-ring (bicyclic) bond motifs is 1. The number of rotatable bonds is 7. The van der Waals surface area contributed by atoms with Gasteiger partial charge in [0.1, 0.15) is 11.4 Å². The van der Waals surface area contributed by atoms with Gasteiger partial charge in [0, 0.05) is 31.4 Å². The Hall–Kier alpha value is -3.21. The first-order chi connectivity index (χ1) is 18.3. The number of likely N-dealkylation sites (tertiary alicyclic amines) is 1. The van der Waals surface area contributed by atoms with E-state index in [0.717, 1.165) is 74.9 Å². The van der Waals surface area contributed by atoms with E-state index in [1.165, 1.54) is 6.42 Å². The molecule has 0 bridgehead atoms. The fraction of sp³-hybridized carbons (Fsp3) is 0.630. The van der Waals surface area contributed by atoms with E-state index in [-0.39, 0.29) is 24.2 Å². The van der Waals surface area contributed by atoms with Gasteiger partial charge in [-0.1, -0.05) is 0 Å². The molecular formula is C27H35FN8O2. The van der Waals surface area contributed by atoms with Gasteiger partial charge in [-0.2, -0.15) is 10.2 Å². The van der Waals surface area contributed by atoms with Crippen LogP contribution in [-0.2, 0) is 11.3 Å². The summed E-state index contributed by atoms with van der Waals surface area (Å²) in [7, 11) is 0. The van der Waals surface area contributed by atoms with E-state index in [0.29, 0.717) is 23.2 Å². The van der Waals surface area contributed by atoms with Crippen LogP contribution in [0.3, 0.4) is 0 Å². The van der Waals surface area contributed by atoms with E-state index in [4.69, 9.17) is 14.8 Å². The van der Waals surface area contributed by atoms with Crippen molar-refractivity contribution in [3.8, 4) is 11.4 Å². The van der Waals surface area contributed by atoms with Crippen molar-refractivity contribution in [3.05, 3.63) is 18.5 Å². The third-order valence-electron chi connectivity index (χ3n) is 8.25. The van der Waals surface area contributed by atoms with Crippen LogP contribution in [0.2, 0.25) is 0 Å². The zero-order chi connectivity index (χ0) is 26.1. The maximum Gasteiger partial charge on any atom is 0.322 e. The zero-order valence-electron chi connectivity index (χ0n) is 22.0. The highest BCUT2D eigenvalue weighted by Crippen LogP contribution is 2.48. The summed E-state index contributed by atoms with van der Waals surface area (Å²) in [5.74, 6) is 0.803. The van der Waals surface area contributed by atoms with Gasteiger partial charge in [-0.05, 0) is 64.9 Å². The van der Waals surface area contributed by atoms with Gasteiger partial charge in [0.2, 0.25) is 0 Å². The molecule has 2 saturated carbocycles. The lowest BCUT2D eigenvalue weighted by Gasteiger charge is -2.39. The van der Waals surface area contributed by atoms with Crippen LogP contribution in [0.5, 0.6) is 0 Å². The highest BCUT2D eigenvalue weighted by Gasteiger charge is 2.51. The second-order valence-corrected chi connectivity index (χ2v) is 12.1. The van der Waals surface area contributed by atoms with Crippen LogP contribution in [0.25, 0.3) is 22.3 Å².